The van der Waals surface area contributed by atoms with Gasteiger partial charge in [-0.15, -0.1) is 0 Å². The van der Waals surface area contributed by atoms with E-state index in [-0.39, 0.29) is 0 Å². The van der Waals surface area contributed by atoms with Gasteiger partial charge in [-0.25, -0.2) is 4.98 Å². The van der Waals surface area contributed by atoms with Gasteiger partial charge in [-0.2, -0.15) is 0 Å². The van der Waals surface area contributed by atoms with Gasteiger partial charge in [0.25, 0.3) is 0 Å². The molecule has 18 heavy (non-hydrogen) atoms. The van der Waals surface area contributed by atoms with Crippen molar-refractivity contribution in [3.63, 3.8) is 0 Å². The number of piperidine rings is 1. The molecule has 1 fully saturated rings. The quantitative estimate of drug-likeness (QED) is 0.871. The number of aromatic nitrogens is 2. The van der Waals surface area contributed by atoms with Crippen LogP contribution in [-0.2, 0) is 6.54 Å². The number of hydrogen-bond donors (Lipinski definition) is 1. The Bertz CT molecular complexity index is 490. The molecule has 96 valence electrons. The Labute approximate surface area is 107 Å². The molecule has 3 heterocycles. The SMILES string of the molecule is CC1CC(N)CN(Cc2cn3ccccc3n2)C1. The van der Waals surface area contributed by atoms with Crippen molar-refractivity contribution in [2.24, 2.45) is 11.7 Å². The lowest BCUT2D eigenvalue weighted by Gasteiger charge is -2.34. The summed E-state index contributed by atoms with van der Waals surface area (Å²) in [6, 6.07) is 6.39. The first kappa shape index (κ1) is 11.7. The highest BCUT2D eigenvalue weighted by Crippen LogP contribution is 2.17. The largest absolute Gasteiger partial charge is 0.327 e. The molecule has 1 saturated heterocycles. The maximum Gasteiger partial charge on any atom is 0.137 e. The van der Waals surface area contributed by atoms with Gasteiger partial charge in [-0.3, -0.25) is 4.90 Å². The van der Waals surface area contributed by atoms with Gasteiger partial charge >= 0.3 is 0 Å². The fourth-order valence-corrected chi connectivity index (χ4v) is 2.93. The van der Waals surface area contributed by atoms with Crippen molar-refractivity contribution in [2.45, 2.75) is 25.9 Å². The zero-order valence-corrected chi connectivity index (χ0v) is 10.8. The van der Waals surface area contributed by atoms with Gasteiger partial charge in [0.2, 0.25) is 0 Å². The first-order valence-corrected chi connectivity index (χ1v) is 6.61. The predicted octanol–water partition coefficient (Wildman–Crippen LogP) is 1.50. The van der Waals surface area contributed by atoms with Gasteiger partial charge in [0.05, 0.1) is 5.69 Å². The van der Waals surface area contributed by atoms with E-state index in [9.17, 15) is 0 Å². The van der Waals surface area contributed by atoms with Crippen molar-refractivity contribution >= 4 is 5.65 Å². The minimum Gasteiger partial charge on any atom is -0.327 e. The van der Waals surface area contributed by atoms with Crippen LogP contribution in [0.15, 0.2) is 30.6 Å². The average molecular weight is 244 g/mol. The summed E-state index contributed by atoms with van der Waals surface area (Å²) in [5.41, 5.74) is 8.22. The Morgan fingerprint density at radius 1 is 1.39 bits per heavy atom. The molecule has 0 aromatic carbocycles. The molecule has 0 saturated carbocycles. The van der Waals surface area contributed by atoms with E-state index < -0.39 is 0 Å². The van der Waals surface area contributed by atoms with Gasteiger partial charge < -0.3 is 10.1 Å². The third-order valence-electron chi connectivity index (χ3n) is 3.57. The fourth-order valence-electron chi connectivity index (χ4n) is 2.93. The van der Waals surface area contributed by atoms with Gasteiger partial charge in [-0.05, 0) is 24.5 Å². The molecule has 2 aromatic rings. The van der Waals surface area contributed by atoms with Crippen molar-refractivity contribution < 1.29 is 0 Å². The number of pyridine rings is 1. The zero-order chi connectivity index (χ0) is 12.5. The molecule has 2 N–H and O–H groups in total. The smallest absolute Gasteiger partial charge is 0.137 e. The van der Waals surface area contributed by atoms with Crippen molar-refractivity contribution in [1.29, 1.82) is 0 Å². The number of hydrogen-bond acceptors (Lipinski definition) is 3. The van der Waals surface area contributed by atoms with Crippen molar-refractivity contribution in [2.75, 3.05) is 13.1 Å². The van der Waals surface area contributed by atoms with Crippen molar-refractivity contribution in [1.82, 2.24) is 14.3 Å². The van der Waals surface area contributed by atoms with Gasteiger partial charge in [0.15, 0.2) is 0 Å². The van der Waals surface area contributed by atoms with E-state index in [1.807, 2.05) is 24.4 Å². The molecule has 3 rings (SSSR count). The molecule has 4 nitrogen and oxygen atoms in total. The second kappa shape index (κ2) is 4.71. The van der Waals surface area contributed by atoms with E-state index in [2.05, 4.69) is 27.4 Å². The lowest BCUT2D eigenvalue weighted by molar-refractivity contribution is 0.157. The molecular weight excluding hydrogens is 224 g/mol. The van der Waals surface area contributed by atoms with Crippen LogP contribution in [0, 0.1) is 5.92 Å². The molecular formula is C14H20N4. The summed E-state index contributed by atoms with van der Waals surface area (Å²) < 4.78 is 2.07. The number of nitrogens with two attached hydrogens (primary N) is 1. The van der Waals surface area contributed by atoms with Crippen LogP contribution in [0.1, 0.15) is 19.0 Å². The summed E-state index contributed by atoms with van der Waals surface area (Å²) in [5.74, 6) is 0.686. The summed E-state index contributed by atoms with van der Waals surface area (Å²) in [4.78, 5) is 7.05. The van der Waals surface area contributed by atoms with Gasteiger partial charge in [-0.1, -0.05) is 13.0 Å². The second-order valence-corrected chi connectivity index (χ2v) is 5.49. The van der Waals surface area contributed by atoms with E-state index in [0.717, 1.165) is 37.4 Å². The molecule has 0 aliphatic carbocycles. The molecule has 0 radical (unpaired) electrons. The first-order valence-electron chi connectivity index (χ1n) is 6.61. The molecule has 2 atom stereocenters. The third-order valence-corrected chi connectivity index (χ3v) is 3.57. The predicted molar refractivity (Wildman–Crippen MR) is 72.2 cm³/mol. The van der Waals surface area contributed by atoms with Crippen LogP contribution in [-0.4, -0.2) is 33.4 Å². The maximum absolute atomic E-state index is 6.08. The van der Waals surface area contributed by atoms with Crippen LogP contribution in [0.2, 0.25) is 0 Å². The Morgan fingerprint density at radius 2 is 2.28 bits per heavy atom. The van der Waals surface area contributed by atoms with Crippen LogP contribution in [0.3, 0.4) is 0 Å². The van der Waals surface area contributed by atoms with E-state index >= 15 is 0 Å². The van der Waals surface area contributed by atoms with E-state index in [0.29, 0.717) is 12.0 Å². The molecule has 2 aromatic heterocycles. The average Bonchev–Trinajstić information content (AvgIpc) is 2.69. The van der Waals surface area contributed by atoms with Crippen molar-refractivity contribution in [3.8, 4) is 0 Å². The maximum atomic E-state index is 6.08. The molecule has 0 spiro atoms. The molecule has 0 amide bonds. The highest BCUT2D eigenvalue weighted by molar-refractivity contribution is 5.39. The van der Waals surface area contributed by atoms with Gasteiger partial charge in [0.1, 0.15) is 5.65 Å². The van der Waals surface area contributed by atoms with Crippen LogP contribution >= 0.6 is 0 Å². The summed E-state index contributed by atoms with van der Waals surface area (Å²) >= 11 is 0. The van der Waals surface area contributed by atoms with Crippen LogP contribution in [0.5, 0.6) is 0 Å². The van der Waals surface area contributed by atoms with Crippen molar-refractivity contribution in [3.05, 3.63) is 36.3 Å². The van der Waals surface area contributed by atoms with E-state index in [1.54, 1.807) is 0 Å². The molecule has 1 aliphatic heterocycles. The second-order valence-electron chi connectivity index (χ2n) is 5.49. The lowest BCUT2D eigenvalue weighted by atomic mass is 9.96. The molecule has 1 aliphatic rings. The summed E-state index contributed by atoms with van der Waals surface area (Å²) in [6.07, 6.45) is 5.29. The summed E-state index contributed by atoms with van der Waals surface area (Å²) in [7, 11) is 0. The molecule has 4 heteroatoms. The minimum atomic E-state index is 0.311. The lowest BCUT2D eigenvalue weighted by Crippen LogP contribution is -2.45. The Morgan fingerprint density at radius 3 is 3.06 bits per heavy atom. The highest BCUT2D eigenvalue weighted by atomic mass is 15.2. The number of imidazole rings is 1. The van der Waals surface area contributed by atoms with E-state index in [4.69, 9.17) is 5.73 Å². The normalized spacial score (nSPS) is 25.7. The van der Waals surface area contributed by atoms with E-state index in [1.165, 1.54) is 0 Å². The number of fused-ring (bicyclic) bond motifs is 1. The van der Waals surface area contributed by atoms with Crippen LogP contribution in [0.4, 0.5) is 0 Å². The number of rotatable bonds is 2. The first-order chi connectivity index (χ1) is 8.70. The standard InChI is InChI=1S/C14H20N4/c1-11-6-12(15)8-17(7-11)9-13-10-18-5-3-2-4-14(18)16-13/h2-5,10-12H,6-9,15H2,1H3. The fraction of sp³-hybridized carbons (Fsp3) is 0.500. The number of nitrogens with zero attached hydrogens (tertiary/aromatic N) is 3. The number of likely N-dealkylation sites (tertiary alicyclic amines) is 1. The zero-order valence-electron chi connectivity index (χ0n) is 10.8. The topological polar surface area (TPSA) is 46.6 Å². The summed E-state index contributed by atoms with van der Waals surface area (Å²) in [6.45, 7) is 5.29. The highest BCUT2D eigenvalue weighted by Gasteiger charge is 2.22. The molecule has 2 unspecified atom stereocenters. The van der Waals surface area contributed by atoms with Crippen LogP contribution in [0.25, 0.3) is 5.65 Å². The monoisotopic (exact) mass is 244 g/mol. The summed E-state index contributed by atoms with van der Waals surface area (Å²) in [5, 5.41) is 0. The Kier molecular flexibility index (Phi) is 3.06. The Hall–Kier alpha value is -1.39. The molecule has 0 bridgehead atoms. The van der Waals surface area contributed by atoms with Crippen LogP contribution < -0.4 is 5.73 Å². The Balaban J connectivity index is 1.75. The van der Waals surface area contributed by atoms with Gasteiger partial charge in [0, 0.05) is 38.1 Å². The third kappa shape index (κ3) is 2.40. The minimum absolute atomic E-state index is 0.311.